The van der Waals surface area contributed by atoms with Gasteiger partial charge in [-0.05, 0) is 72.6 Å². The molecule has 1 aliphatic carbocycles. The van der Waals surface area contributed by atoms with Gasteiger partial charge in [0, 0.05) is 12.1 Å². The standard InChI is InChI=1S/C26H29NO3/c1-17-14-20(11-13-25(17)30-16-26(28)29)21-10-12-22(15-21)27-18(2)23-9-5-7-19-6-3-4-8-24(19)23/h3-9,11,13-14,18,21-22,27H,10,12,15-16H2,1-2H3,(H,28,29)/t18-,21?,22?/m1/s1. The summed E-state index contributed by atoms with van der Waals surface area (Å²) in [5.41, 5.74) is 3.67. The van der Waals surface area contributed by atoms with Crippen LogP contribution in [0.15, 0.2) is 60.7 Å². The van der Waals surface area contributed by atoms with Gasteiger partial charge in [-0.25, -0.2) is 4.79 Å². The highest BCUT2D eigenvalue weighted by Gasteiger charge is 2.27. The summed E-state index contributed by atoms with van der Waals surface area (Å²) in [6.45, 7) is 3.93. The summed E-state index contributed by atoms with van der Waals surface area (Å²) >= 11 is 0. The number of carboxylic acid groups (broad SMARTS) is 1. The van der Waals surface area contributed by atoms with Crippen LogP contribution in [0, 0.1) is 6.92 Å². The second-order valence-corrected chi connectivity index (χ2v) is 8.37. The molecule has 4 heteroatoms. The first kappa shape index (κ1) is 20.4. The van der Waals surface area contributed by atoms with E-state index in [2.05, 4.69) is 66.8 Å². The fourth-order valence-electron chi connectivity index (χ4n) is 4.73. The van der Waals surface area contributed by atoms with Gasteiger partial charge < -0.3 is 15.2 Å². The van der Waals surface area contributed by atoms with Crippen molar-refractivity contribution in [2.75, 3.05) is 6.61 Å². The van der Waals surface area contributed by atoms with Crippen LogP contribution in [-0.4, -0.2) is 23.7 Å². The molecule has 3 atom stereocenters. The second kappa shape index (κ2) is 8.88. The van der Waals surface area contributed by atoms with E-state index in [1.165, 1.54) is 21.9 Å². The van der Waals surface area contributed by atoms with Crippen LogP contribution in [0.2, 0.25) is 0 Å². The lowest BCUT2D eigenvalue weighted by Gasteiger charge is -2.22. The van der Waals surface area contributed by atoms with Crippen molar-refractivity contribution >= 4 is 16.7 Å². The van der Waals surface area contributed by atoms with Crippen molar-refractivity contribution in [3.8, 4) is 5.75 Å². The van der Waals surface area contributed by atoms with Gasteiger partial charge in [0.1, 0.15) is 5.75 Å². The number of hydrogen-bond donors (Lipinski definition) is 2. The lowest BCUT2D eigenvalue weighted by molar-refractivity contribution is -0.139. The van der Waals surface area contributed by atoms with E-state index >= 15 is 0 Å². The molecule has 1 fully saturated rings. The Hall–Kier alpha value is -2.85. The number of carboxylic acids is 1. The monoisotopic (exact) mass is 403 g/mol. The van der Waals surface area contributed by atoms with Crippen molar-refractivity contribution in [2.24, 2.45) is 0 Å². The van der Waals surface area contributed by atoms with Crippen LogP contribution < -0.4 is 10.1 Å². The number of fused-ring (bicyclic) bond motifs is 1. The summed E-state index contributed by atoms with van der Waals surface area (Å²) in [6, 6.07) is 22.1. The summed E-state index contributed by atoms with van der Waals surface area (Å²) in [6.07, 6.45) is 3.44. The number of aliphatic carboxylic acids is 1. The minimum Gasteiger partial charge on any atom is -0.482 e. The average molecular weight is 404 g/mol. The Labute approximate surface area is 177 Å². The Bertz CT molecular complexity index is 1040. The number of aryl methyl sites for hydroxylation is 1. The third-order valence-electron chi connectivity index (χ3n) is 6.23. The van der Waals surface area contributed by atoms with Gasteiger partial charge in [0.05, 0.1) is 0 Å². The second-order valence-electron chi connectivity index (χ2n) is 8.37. The number of benzene rings is 3. The van der Waals surface area contributed by atoms with Crippen molar-refractivity contribution < 1.29 is 14.6 Å². The molecule has 0 bridgehead atoms. The molecular formula is C26H29NO3. The predicted molar refractivity (Wildman–Crippen MR) is 120 cm³/mol. The molecule has 30 heavy (non-hydrogen) atoms. The lowest BCUT2D eigenvalue weighted by Crippen LogP contribution is -2.29. The minimum absolute atomic E-state index is 0.299. The molecule has 0 spiro atoms. The van der Waals surface area contributed by atoms with Gasteiger partial charge in [-0.15, -0.1) is 0 Å². The lowest BCUT2D eigenvalue weighted by atomic mass is 9.95. The van der Waals surface area contributed by atoms with Gasteiger partial charge in [-0.3, -0.25) is 0 Å². The van der Waals surface area contributed by atoms with E-state index in [-0.39, 0.29) is 6.61 Å². The first-order valence-corrected chi connectivity index (χ1v) is 10.7. The van der Waals surface area contributed by atoms with E-state index in [0.717, 1.165) is 24.8 Å². The molecule has 1 aliphatic rings. The van der Waals surface area contributed by atoms with E-state index in [4.69, 9.17) is 9.84 Å². The van der Waals surface area contributed by atoms with Gasteiger partial charge in [0.25, 0.3) is 0 Å². The Morgan fingerprint density at radius 1 is 1.13 bits per heavy atom. The summed E-state index contributed by atoms with van der Waals surface area (Å²) in [5, 5.41) is 15.3. The maximum Gasteiger partial charge on any atom is 0.341 e. The molecule has 0 aromatic heterocycles. The first-order chi connectivity index (χ1) is 14.5. The van der Waals surface area contributed by atoms with Crippen LogP contribution in [0.1, 0.15) is 54.8 Å². The fourth-order valence-corrected chi connectivity index (χ4v) is 4.73. The van der Waals surface area contributed by atoms with Crippen LogP contribution in [0.5, 0.6) is 5.75 Å². The number of hydrogen-bond acceptors (Lipinski definition) is 3. The van der Waals surface area contributed by atoms with Crippen LogP contribution in [-0.2, 0) is 4.79 Å². The highest BCUT2D eigenvalue weighted by atomic mass is 16.5. The molecule has 2 unspecified atom stereocenters. The molecule has 1 saturated carbocycles. The van der Waals surface area contributed by atoms with Crippen LogP contribution in [0.4, 0.5) is 0 Å². The zero-order valence-corrected chi connectivity index (χ0v) is 17.6. The third-order valence-corrected chi connectivity index (χ3v) is 6.23. The topological polar surface area (TPSA) is 58.6 Å². The molecule has 3 aromatic rings. The van der Waals surface area contributed by atoms with Gasteiger partial charge in [-0.1, -0.05) is 54.6 Å². The number of nitrogens with one attached hydrogen (secondary N) is 1. The number of ether oxygens (including phenoxy) is 1. The van der Waals surface area contributed by atoms with E-state index < -0.39 is 5.97 Å². The third kappa shape index (κ3) is 4.49. The van der Waals surface area contributed by atoms with Gasteiger partial charge in [0.2, 0.25) is 0 Å². The maximum absolute atomic E-state index is 10.7. The molecule has 3 aromatic carbocycles. The highest BCUT2D eigenvalue weighted by Crippen LogP contribution is 2.37. The smallest absolute Gasteiger partial charge is 0.341 e. The zero-order valence-electron chi connectivity index (χ0n) is 17.6. The average Bonchev–Trinajstić information content (AvgIpc) is 3.20. The molecule has 0 heterocycles. The van der Waals surface area contributed by atoms with Crippen molar-refractivity contribution in [1.29, 1.82) is 0 Å². The fraction of sp³-hybridized carbons (Fsp3) is 0.346. The highest BCUT2D eigenvalue weighted by molar-refractivity contribution is 5.86. The molecule has 156 valence electrons. The van der Waals surface area contributed by atoms with Crippen LogP contribution in [0.3, 0.4) is 0 Å². The summed E-state index contributed by atoms with van der Waals surface area (Å²) < 4.78 is 5.36. The van der Waals surface area contributed by atoms with Crippen LogP contribution >= 0.6 is 0 Å². The van der Waals surface area contributed by atoms with Crippen molar-refractivity contribution in [2.45, 2.75) is 51.1 Å². The summed E-state index contributed by atoms with van der Waals surface area (Å²) in [4.78, 5) is 10.7. The van der Waals surface area contributed by atoms with Gasteiger partial charge in [-0.2, -0.15) is 0 Å². The molecule has 0 aliphatic heterocycles. The normalized spacial score (nSPS) is 19.7. The molecule has 0 radical (unpaired) electrons. The summed E-state index contributed by atoms with van der Waals surface area (Å²) in [7, 11) is 0. The maximum atomic E-state index is 10.7. The quantitative estimate of drug-likeness (QED) is 0.539. The summed E-state index contributed by atoms with van der Waals surface area (Å²) in [5.74, 6) is 0.219. The Morgan fingerprint density at radius 2 is 1.93 bits per heavy atom. The van der Waals surface area contributed by atoms with Gasteiger partial charge in [0.15, 0.2) is 6.61 Å². The van der Waals surface area contributed by atoms with Gasteiger partial charge >= 0.3 is 5.97 Å². The van der Waals surface area contributed by atoms with E-state index in [1.54, 1.807) is 0 Å². The predicted octanol–water partition coefficient (Wildman–Crippen LogP) is 5.60. The number of rotatable bonds is 7. The molecule has 0 amide bonds. The van der Waals surface area contributed by atoms with Crippen LogP contribution in [0.25, 0.3) is 10.8 Å². The van der Waals surface area contributed by atoms with E-state index in [9.17, 15) is 4.79 Å². The SMILES string of the molecule is Cc1cc(C2CCC(N[C@H](C)c3cccc4ccccc34)C2)ccc1OCC(=O)O. The Balaban J connectivity index is 1.41. The molecule has 4 nitrogen and oxygen atoms in total. The van der Waals surface area contributed by atoms with Crippen molar-refractivity contribution in [3.05, 3.63) is 77.4 Å². The molecule has 4 rings (SSSR count). The Morgan fingerprint density at radius 3 is 2.73 bits per heavy atom. The molecule has 2 N–H and O–H groups in total. The van der Waals surface area contributed by atoms with E-state index in [0.29, 0.717) is 23.8 Å². The van der Waals surface area contributed by atoms with Crippen molar-refractivity contribution in [3.63, 3.8) is 0 Å². The molecule has 0 saturated heterocycles. The molecular weight excluding hydrogens is 374 g/mol. The minimum atomic E-state index is -0.955. The number of carbonyl (C=O) groups is 1. The zero-order chi connectivity index (χ0) is 21.1. The Kier molecular flexibility index (Phi) is 6.05. The van der Waals surface area contributed by atoms with E-state index in [1.807, 2.05) is 13.0 Å². The largest absolute Gasteiger partial charge is 0.482 e. The first-order valence-electron chi connectivity index (χ1n) is 10.7. The van der Waals surface area contributed by atoms with Crippen molar-refractivity contribution in [1.82, 2.24) is 5.32 Å².